The van der Waals surface area contributed by atoms with Crippen LogP contribution in [0.15, 0.2) is 4.79 Å². The van der Waals surface area contributed by atoms with Crippen molar-refractivity contribution >= 4 is 34.3 Å². The van der Waals surface area contributed by atoms with Crippen molar-refractivity contribution in [3.8, 4) is 0 Å². The summed E-state index contributed by atoms with van der Waals surface area (Å²) in [6.07, 6.45) is 0. The van der Waals surface area contributed by atoms with Crippen molar-refractivity contribution in [3.05, 3.63) is 16.0 Å². The molecule has 0 radical (unpaired) electrons. The van der Waals surface area contributed by atoms with E-state index in [1.54, 1.807) is 16.3 Å². The van der Waals surface area contributed by atoms with Gasteiger partial charge in [0.1, 0.15) is 5.52 Å². The van der Waals surface area contributed by atoms with E-state index in [4.69, 9.17) is 17.2 Å². The van der Waals surface area contributed by atoms with Gasteiger partial charge in [0.25, 0.3) is 5.56 Å². The summed E-state index contributed by atoms with van der Waals surface area (Å²) in [6, 6.07) is 0. The lowest BCUT2D eigenvalue weighted by molar-refractivity contribution is 0.377. The lowest BCUT2D eigenvalue weighted by Gasteiger charge is -2.37. The van der Waals surface area contributed by atoms with Gasteiger partial charge in [0.05, 0.1) is 5.69 Å². The Bertz CT molecular complexity index is 832. The molecule has 8 nitrogen and oxygen atoms in total. The molecule has 0 unspecified atom stereocenters. The van der Waals surface area contributed by atoms with Crippen LogP contribution in [0.1, 0.15) is 12.6 Å². The van der Waals surface area contributed by atoms with Crippen LogP contribution in [-0.4, -0.2) is 62.6 Å². The van der Waals surface area contributed by atoms with Crippen LogP contribution >= 0.6 is 12.2 Å². The average molecular weight is 349 g/mol. The van der Waals surface area contributed by atoms with Gasteiger partial charge < -0.3 is 15.1 Å². The van der Waals surface area contributed by atoms with Crippen molar-refractivity contribution < 1.29 is 0 Å². The zero-order valence-corrected chi connectivity index (χ0v) is 15.4. The Hall–Kier alpha value is -2.16. The second kappa shape index (κ2) is 6.39. The molecule has 2 aromatic heterocycles. The zero-order chi connectivity index (χ0) is 17.4. The second-order valence-electron chi connectivity index (χ2n) is 5.90. The lowest BCUT2D eigenvalue weighted by atomic mass is 10.3. The molecule has 1 aliphatic heterocycles. The molecule has 1 fully saturated rings. The normalized spacial score (nSPS) is 15.2. The fraction of sp³-hybridized carbons (Fsp3) is 0.600. The Kier molecular flexibility index (Phi) is 4.44. The fourth-order valence-corrected chi connectivity index (χ4v) is 3.38. The number of aromatic nitrogens is 4. The summed E-state index contributed by atoms with van der Waals surface area (Å²) < 4.78 is 3.36. The van der Waals surface area contributed by atoms with E-state index < -0.39 is 0 Å². The molecule has 3 rings (SSSR count). The summed E-state index contributed by atoms with van der Waals surface area (Å²) >= 11 is 5.30. The molecule has 0 aromatic carbocycles. The Balaban J connectivity index is 2.00. The minimum atomic E-state index is -0.0335. The monoisotopic (exact) mass is 349 g/mol. The molecule has 0 amide bonds. The summed E-state index contributed by atoms with van der Waals surface area (Å²) in [4.78, 5) is 21.9. The first kappa shape index (κ1) is 16.7. The topological polar surface area (TPSA) is 71.2 Å². The molecule has 130 valence electrons. The van der Waals surface area contributed by atoms with E-state index in [-0.39, 0.29) is 5.56 Å². The van der Waals surface area contributed by atoms with Gasteiger partial charge in [0, 0.05) is 46.8 Å². The van der Waals surface area contributed by atoms with Crippen LogP contribution in [0.25, 0.3) is 11.0 Å². The highest BCUT2D eigenvalue weighted by molar-refractivity contribution is 7.80. The highest BCUT2D eigenvalue weighted by atomic mass is 32.1. The van der Waals surface area contributed by atoms with Crippen LogP contribution in [0, 0.1) is 6.92 Å². The van der Waals surface area contributed by atoms with E-state index >= 15 is 0 Å². The third kappa shape index (κ3) is 2.62. The number of fused-ring (bicyclic) bond motifs is 1. The van der Waals surface area contributed by atoms with E-state index in [9.17, 15) is 4.79 Å². The number of nitrogens with one attached hydrogen (secondary N) is 1. The number of rotatable bonds is 2. The van der Waals surface area contributed by atoms with Crippen LogP contribution in [0.4, 0.5) is 5.95 Å². The van der Waals surface area contributed by atoms with Gasteiger partial charge in [-0.15, -0.1) is 0 Å². The fourth-order valence-electron chi connectivity index (χ4n) is 3.19. The third-order valence-electron chi connectivity index (χ3n) is 4.47. The van der Waals surface area contributed by atoms with Gasteiger partial charge >= 0.3 is 0 Å². The number of anilines is 1. The quantitative estimate of drug-likeness (QED) is 0.770. The molecule has 0 saturated carbocycles. The minimum Gasteiger partial charge on any atom is -0.366 e. The number of hydrogen-bond acceptors (Lipinski definition) is 5. The predicted molar refractivity (Wildman–Crippen MR) is 98.6 cm³/mol. The van der Waals surface area contributed by atoms with Gasteiger partial charge in [-0.25, -0.2) is 4.98 Å². The SMILES string of the molecule is CCn1c(N2CCN(C(=S)NC)CC2)nc2c(C)nn(C)c2c1=O. The second-order valence-corrected chi connectivity index (χ2v) is 6.28. The third-order valence-corrected chi connectivity index (χ3v) is 4.93. The molecule has 0 atom stereocenters. The van der Waals surface area contributed by atoms with E-state index in [1.807, 2.05) is 20.9 Å². The maximum Gasteiger partial charge on any atom is 0.281 e. The number of thiocarbonyl (C=S) groups is 1. The van der Waals surface area contributed by atoms with Crippen LogP contribution in [0.2, 0.25) is 0 Å². The number of piperazine rings is 1. The standard InChI is InChI=1S/C15H23N7OS/c1-5-22-13(23)12-11(10(2)18-19(12)4)17-14(22)20-6-8-21(9-7-20)15(24)16-3/h5-9H2,1-4H3,(H,16,24). The molecule has 0 bridgehead atoms. The summed E-state index contributed by atoms with van der Waals surface area (Å²) in [7, 11) is 3.62. The molecule has 1 aliphatic rings. The van der Waals surface area contributed by atoms with Gasteiger partial charge in [0.15, 0.2) is 10.6 Å². The molecule has 24 heavy (non-hydrogen) atoms. The first-order chi connectivity index (χ1) is 11.5. The predicted octanol–water partition coefficient (Wildman–Crippen LogP) is 0.0846. The van der Waals surface area contributed by atoms with Crippen molar-refractivity contribution in [2.24, 2.45) is 7.05 Å². The Morgan fingerprint density at radius 2 is 1.96 bits per heavy atom. The molecular weight excluding hydrogens is 326 g/mol. The van der Waals surface area contributed by atoms with Crippen molar-refractivity contribution in [2.75, 3.05) is 38.1 Å². The molecule has 9 heteroatoms. The Morgan fingerprint density at radius 1 is 1.29 bits per heavy atom. The van der Waals surface area contributed by atoms with Gasteiger partial charge in [-0.1, -0.05) is 0 Å². The largest absolute Gasteiger partial charge is 0.366 e. The zero-order valence-electron chi connectivity index (χ0n) is 14.5. The molecular formula is C15H23N7OS. The number of hydrogen-bond donors (Lipinski definition) is 1. The molecule has 3 heterocycles. The summed E-state index contributed by atoms with van der Waals surface area (Å²) in [5, 5.41) is 8.12. The van der Waals surface area contributed by atoms with E-state index in [0.717, 1.165) is 42.9 Å². The Labute approximate surface area is 146 Å². The molecule has 0 aliphatic carbocycles. The minimum absolute atomic E-state index is 0.0335. The van der Waals surface area contributed by atoms with E-state index in [2.05, 4.69) is 20.2 Å². The molecule has 0 spiro atoms. The van der Waals surface area contributed by atoms with Crippen LogP contribution < -0.4 is 15.8 Å². The smallest absolute Gasteiger partial charge is 0.281 e. The van der Waals surface area contributed by atoms with Gasteiger partial charge in [-0.3, -0.25) is 14.0 Å². The van der Waals surface area contributed by atoms with Gasteiger partial charge in [-0.2, -0.15) is 5.10 Å². The van der Waals surface area contributed by atoms with Crippen molar-refractivity contribution in [3.63, 3.8) is 0 Å². The van der Waals surface area contributed by atoms with Crippen molar-refractivity contribution in [1.29, 1.82) is 0 Å². The van der Waals surface area contributed by atoms with Crippen LogP contribution in [-0.2, 0) is 13.6 Å². The maximum atomic E-state index is 12.9. The van der Waals surface area contributed by atoms with E-state index in [1.165, 1.54) is 0 Å². The first-order valence-electron chi connectivity index (χ1n) is 8.13. The van der Waals surface area contributed by atoms with Gasteiger partial charge in [0.2, 0.25) is 5.95 Å². The summed E-state index contributed by atoms with van der Waals surface area (Å²) in [5.74, 6) is 0.723. The van der Waals surface area contributed by atoms with Crippen LogP contribution in [0.5, 0.6) is 0 Å². The lowest BCUT2D eigenvalue weighted by Crippen LogP contribution is -2.52. The van der Waals surface area contributed by atoms with Crippen molar-refractivity contribution in [1.82, 2.24) is 29.5 Å². The highest BCUT2D eigenvalue weighted by Crippen LogP contribution is 2.18. The van der Waals surface area contributed by atoms with Crippen LogP contribution in [0.3, 0.4) is 0 Å². The number of aryl methyl sites for hydroxylation is 2. The van der Waals surface area contributed by atoms with E-state index in [0.29, 0.717) is 17.6 Å². The first-order valence-corrected chi connectivity index (χ1v) is 8.54. The molecule has 2 aromatic rings. The maximum absolute atomic E-state index is 12.9. The summed E-state index contributed by atoms with van der Waals surface area (Å²) in [5.41, 5.74) is 2.00. The Morgan fingerprint density at radius 3 is 2.54 bits per heavy atom. The average Bonchev–Trinajstić information content (AvgIpc) is 2.88. The van der Waals surface area contributed by atoms with Gasteiger partial charge in [-0.05, 0) is 26.1 Å². The highest BCUT2D eigenvalue weighted by Gasteiger charge is 2.24. The molecule has 1 N–H and O–H groups in total. The number of nitrogens with zero attached hydrogens (tertiary/aromatic N) is 6. The molecule has 1 saturated heterocycles. The van der Waals surface area contributed by atoms with Crippen molar-refractivity contribution in [2.45, 2.75) is 20.4 Å². The summed E-state index contributed by atoms with van der Waals surface area (Å²) in [6.45, 7) is 7.60.